The van der Waals surface area contributed by atoms with Crippen LogP contribution in [0.3, 0.4) is 0 Å². The molecule has 22 heavy (non-hydrogen) atoms. The number of nitrogens with zero attached hydrogens (tertiary/aromatic N) is 3. The van der Waals surface area contributed by atoms with E-state index in [1.807, 2.05) is 16.7 Å². The van der Waals surface area contributed by atoms with Gasteiger partial charge >= 0.3 is 16.3 Å². The molecule has 0 aliphatic carbocycles. The minimum atomic E-state index is -4.73. The zero-order valence-corrected chi connectivity index (χ0v) is 13.5. The molecule has 1 aliphatic heterocycles. The summed E-state index contributed by atoms with van der Waals surface area (Å²) in [5, 5.41) is 0.504. The Morgan fingerprint density at radius 2 is 2.27 bits per heavy atom. The molecule has 0 radical (unpaired) electrons. The summed E-state index contributed by atoms with van der Waals surface area (Å²) in [6, 6.07) is 1.46. The highest BCUT2D eigenvalue weighted by Gasteiger charge is 2.25. The summed E-state index contributed by atoms with van der Waals surface area (Å²) in [5.74, 6) is 1.20. The summed E-state index contributed by atoms with van der Waals surface area (Å²) in [6.45, 7) is 3.74. The van der Waals surface area contributed by atoms with Crippen molar-refractivity contribution >= 4 is 39.7 Å². The summed E-state index contributed by atoms with van der Waals surface area (Å²) >= 11 is 1.91. The molecule has 1 saturated heterocycles. The van der Waals surface area contributed by atoms with Crippen LogP contribution in [0.15, 0.2) is 6.07 Å². The van der Waals surface area contributed by atoms with Crippen LogP contribution in [0.5, 0.6) is 0 Å². The maximum Gasteiger partial charge on any atom is 0.474 e. The number of nitrogen functional groups attached to an aromatic ring is 2. The van der Waals surface area contributed by atoms with Crippen molar-refractivity contribution in [1.82, 2.24) is 4.98 Å². The maximum atomic E-state index is 10.7. The molecule has 1 aromatic heterocycles. The van der Waals surface area contributed by atoms with E-state index < -0.39 is 10.4 Å². The van der Waals surface area contributed by atoms with Crippen molar-refractivity contribution in [1.29, 1.82) is 0 Å². The van der Waals surface area contributed by atoms with E-state index in [1.165, 1.54) is 6.07 Å². The van der Waals surface area contributed by atoms with Crippen LogP contribution in [-0.2, 0) is 10.4 Å². The molecule has 0 bridgehead atoms. The second-order valence-corrected chi connectivity index (χ2v) is 6.95. The van der Waals surface area contributed by atoms with Gasteiger partial charge in [-0.25, -0.2) is 4.28 Å². The van der Waals surface area contributed by atoms with Crippen LogP contribution >= 0.6 is 11.8 Å². The summed E-state index contributed by atoms with van der Waals surface area (Å²) < 4.78 is 35.0. The number of thioether (sulfide) groups is 1. The predicted octanol–water partition coefficient (Wildman–Crippen LogP) is -1.08. The monoisotopic (exact) mass is 353 g/mol. The Kier molecular flexibility index (Phi) is 6.05. The van der Waals surface area contributed by atoms with E-state index in [9.17, 15) is 8.42 Å². The largest absolute Gasteiger partial charge is 0.870 e. The van der Waals surface area contributed by atoms with E-state index in [2.05, 4.69) is 16.2 Å². The van der Waals surface area contributed by atoms with Gasteiger partial charge in [0.05, 0.1) is 6.07 Å². The minimum Gasteiger partial charge on any atom is -0.870 e. The van der Waals surface area contributed by atoms with Gasteiger partial charge in [0.2, 0.25) is 5.82 Å². The van der Waals surface area contributed by atoms with Gasteiger partial charge in [-0.05, 0) is 11.2 Å². The second-order valence-electron chi connectivity index (χ2n) is 4.54. The standard InChI is InChI=1S/C10H17N5O4S2.H2O/c1-2-7-6-14(3-4-20-7)9-5-8(11)15(10(12)13-9)19-21(16,17)18;/h5,7H,2-4,6H2,1H3,(H4,11,12,13,16,17,18);1H2. The number of rotatable bonds is 4. The van der Waals surface area contributed by atoms with Gasteiger partial charge in [0, 0.05) is 24.1 Å². The fraction of sp³-hybridized carbons (Fsp3) is 0.600. The van der Waals surface area contributed by atoms with Crippen molar-refractivity contribution in [2.45, 2.75) is 18.6 Å². The molecule has 1 aromatic rings. The Balaban J connectivity index is 0.00000242. The number of anilines is 3. The van der Waals surface area contributed by atoms with Crippen LogP contribution < -0.4 is 25.4 Å². The summed E-state index contributed by atoms with van der Waals surface area (Å²) in [4.78, 5) is 6.12. The van der Waals surface area contributed by atoms with Crippen molar-refractivity contribution in [2.75, 3.05) is 35.2 Å². The first-order valence-corrected chi connectivity index (χ1v) is 8.73. The van der Waals surface area contributed by atoms with Crippen molar-refractivity contribution in [3.05, 3.63) is 6.07 Å². The lowest BCUT2D eigenvalue weighted by atomic mass is 10.3. The predicted molar refractivity (Wildman–Crippen MR) is 82.1 cm³/mol. The molecule has 2 rings (SSSR count). The van der Waals surface area contributed by atoms with E-state index in [-0.39, 0.29) is 17.2 Å². The molecular formula is C10H19N5O5S2. The van der Waals surface area contributed by atoms with E-state index in [4.69, 9.17) is 16.0 Å². The Morgan fingerprint density at radius 1 is 1.59 bits per heavy atom. The molecule has 0 spiro atoms. The van der Waals surface area contributed by atoms with Crippen LogP contribution in [0.2, 0.25) is 0 Å². The molecule has 0 saturated carbocycles. The van der Waals surface area contributed by atoms with Gasteiger partial charge in [-0.1, -0.05) is 11.9 Å². The molecule has 0 amide bonds. The van der Waals surface area contributed by atoms with Crippen molar-refractivity contribution in [3.63, 3.8) is 0 Å². The quantitative estimate of drug-likeness (QED) is 0.447. The van der Waals surface area contributed by atoms with Crippen LogP contribution in [0.1, 0.15) is 13.3 Å². The van der Waals surface area contributed by atoms with Gasteiger partial charge in [-0.2, -0.15) is 20.2 Å². The molecule has 1 unspecified atom stereocenters. The molecule has 10 nitrogen and oxygen atoms in total. The summed E-state index contributed by atoms with van der Waals surface area (Å²) in [6.07, 6.45) is 1.05. The Labute approximate surface area is 132 Å². The molecule has 6 N–H and O–H groups in total. The second kappa shape index (κ2) is 7.17. The van der Waals surface area contributed by atoms with Crippen molar-refractivity contribution < 1.29 is 27.5 Å². The van der Waals surface area contributed by atoms with E-state index >= 15 is 0 Å². The minimum absolute atomic E-state index is 0. The normalized spacial score (nSPS) is 18.6. The first kappa shape index (κ1) is 18.5. The fourth-order valence-electron chi connectivity index (χ4n) is 2.03. The average molecular weight is 353 g/mol. The lowest BCUT2D eigenvalue weighted by Gasteiger charge is -2.31. The molecule has 126 valence electrons. The van der Waals surface area contributed by atoms with Crippen LogP contribution in [0, 0.1) is 0 Å². The lowest BCUT2D eigenvalue weighted by molar-refractivity contribution is -0.835. The van der Waals surface area contributed by atoms with Crippen LogP contribution in [0.4, 0.5) is 17.6 Å². The van der Waals surface area contributed by atoms with E-state index in [1.54, 1.807) is 0 Å². The van der Waals surface area contributed by atoms with Gasteiger partial charge in [0.1, 0.15) is 0 Å². The maximum absolute atomic E-state index is 10.7. The number of hydrogen-bond donors (Lipinski definition) is 3. The third-order valence-electron chi connectivity index (χ3n) is 3.04. The molecule has 12 heteroatoms. The zero-order valence-electron chi connectivity index (χ0n) is 11.9. The highest BCUT2D eigenvalue weighted by Crippen LogP contribution is 2.25. The smallest absolute Gasteiger partial charge is 0.474 e. The van der Waals surface area contributed by atoms with Crippen LogP contribution in [0.25, 0.3) is 0 Å². The molecule has 2 heterocycles. The third kappa shape index (κ3) is 4.50. The van der Waals surface area contributed by atoms with Crippen molar-refractivity contribution in [3.8, 4) is 0 Å². The SMILES string of the molecule is CCC1CN(c2cc(N)[n+](OS(=O)(=O)O)c(N)n2)CCS1.[OH-]. The lowest BCUT2D eigenvalue weighted by Crippen LogP contribution is -2.51. The van der Waals surface area contributed by atoms with Crippen LogP contribution in [-0.4, -0.2) is 47.5 Å². The van der Waals surface area contributed by atoms with Gasteiger partial charge < -0.3 is 21.8 Å². The average Bonchev–Trinajstić information content (AvgIpc) is 2.41. The van der Waals surface area contributed by atoms with Gasteiger partial charge in [0.25, 0.3) is 0 Å². The molecule has 0 aromatic carbocycles. The zero-order chi connectivity index (χ0) is 15.6. The summed E-state index contributed by atoms with van der Waals surface area (Å²) in [7, 11) is -4.73. The van der Waals surface area contributed by atoms with E-state index in [0.29, 0.717) is 15.8 Å². The van der Waals surface area contributed by atoms with E-state index in [0.717, 1.165) is 25.3 Å². The fourth-order valence-corrected chi connectivity index (χ4v) is 3.56. The first-order valence-electron chi connectivity index (χ1n) is 6.32. The third-order valence-corrected chi connectivity index (χ3v) is 4.75. The number of nitrogens with two attached hydrogens (primary N) is 2. The topological polar surface area (TPSA) is 166 Å². The van der Waals surface area contributed by atoms with Crippen molar-refractivity contribution in [2.24, 2.45) is 0 Å². The van der Waals surface area contributed by atoms with Gasteiger partial charge in [-0.15, -0.1) is 0 Å². The summed E-state index contributed by atoms with van der Waals surface area (Å²) in [5.41, 5.74) is 11.4. The Morgan fingerprint density at radius 3 is 2.82 bits per heavy atom. The van der Waals surface area contributed by atoms with Gasteiger partial charge in [0.15, 0.2) is 5.82 Å². The Bertz CT molecular complexity index is 603. The Hall–Kier alpha value is -1.50. The number of aromatic nitrogens is 2. The highest BCUT2D eigenvalue weighted by molar-refractivity contribution is 8.00. The highest BCUT2D eigenvalue weighted by atomic mass is 32.3. The van der Waals surface area contributed by atoms with Gasteiger partial charge in [-0.3, -0.25) is 4.55 Å². The first-order chi connectivity index (χ1) is 9.80. The molecule has 1 fully saturated rings. The number of hydrogen-bond acceptors (Lipinski definition) is 9. The molecular weight excluding hydrogens is 334 g/mol. The molecule has 1 atom stereocenters. The molecule has 1 aliphatic rings.